The molecule has 1 aromatic rings. The molecule has 0 unspecified atom stereocenters. The highest BCUT2D eigenvalue weighted by Crippen LogP contribution is 2.25. The van der Waals surface area contributed by atoms with Crippen LogP contribution in [0.15, 0.2) is 6.33 Å². The van der Waals surface area contributed by atoms with E-state index < -0.39 is 0 Å². The molecular weight excluding hydrogens is 150 g/mol. The SMILES string of the molecule is CCn1cnc(C(C)(C)C)c1N. The smallest absolute Gasteiger partial charge is 0.127 e. The molecule has 0 aliphatic carbocycles. The molecule has 0 aliphatic heterocycles. The highest BCUT2D eigenvalue weighted by atomic mass is 15.1. The number of aromatic nitrogens is 2. The van der Waals surface area contributed by atoms with E-state index in [2.05, 4.69) is 32.7 Å². The van der Waals surface area contributed by atoms with E-state index in [0.29, 0.717) is 0 Å². The number of anilines is 1. The third-order valence-corrected chi connectivity index (χ3v) is 1.93. The molecule has 0 aromatic carbocycles. The summed E-state index contributed by atoms with van der Waals surface area (Å²) in [4.78, 5) is 4.30. The van der Waals surface area contributed by atoms with Crippen molar-refractivity contribution in [2.24, 2.45) is 0 Å². The molecule has 0 bridgehead atoms. The van der Waals surface area contributed by atoms with Gasteiger partial charge in [-0.3, -0.25) is 0 Å². The van der Waals surface area contributed by atoms with E-state index in [9.17, 15) is 0 Å². The molecule has 68 valence electrons. The van der Waals surface area contributed by atoms with E-state index in [1.54, 1.807) is 6.33 Å². The lowest BCUT2D eigenvalue weighted by Gasteiger charge is -2.16. The minimum Gasteiger partial charge on any atom is -0.384 e. The summed E-state index contributed by atoms with van der Waals surface area (Å²) in [7, 11) is 0. The molecule has 0 spiro atoms. The third kappa shape index (κ3) is 1.44. The number of hydrogen-bond donors (Lipinski definition) is 1. The summed E-state index contributed by atoms with van der Waals surface area (Å²) in [5.41, 5.74) is 6.94. The summed E-state index contributed by atoms with van der Waals surface area (Å²) in [6.45, 7) is 9.29. The first-order valence-electron chi connectivity index (χ1n) is 4.28. The second-order valence-electron chi connectivity index (χ2n) is 4.01. The number of nitrogens with two attached hydrogens (primary N) is 1. The molecule has 2 N–H and O–H groups in total. The van der Waals surface area contributed by atoms with Crippen molar-refractivity contribution in [1.29, 1.82) is 0 Å². The Labute approximate surface area is 73.6 Å². The number of aryl methyl sites for hydroxylation is 1. The largest absolute Gasteiger partial charge is 0.384 e. The van der Waals surface area contributed by atoms with Crippen LogP contribution in [0.5, 0.6) is 0 Å². The lowest BCUT2D eigenvalue weighted by atomic mass is 9.92. The number of nitrogen functional groups attached to an aromatic ring is 1. The minimum atomic E-state index is 0.0461. The lowest BCUT2D eigenvalue weighted by molar-refractivity contribution is 0.574. The summed E-state index contributed by atoms with van der Waals surface area (Å²) in [5.74, 6) is 0.796. The first-order chi connectivity index (χ1) is 5.46. The monoisotopic (exact) mass is 167 g/mol. The molecule has 0 fully saturated rings. The van der Waals surface area contributed by atoms with E-state index in [0.717, 1.165) is 18.1 Å². The van der Waals surface area contributed by atoms with Gasteiger partial charge in [-0.25, -0.2) is 4.98 Å². The van der Waals surface area contributed by atoms with Gasteiger partial charge in [-0.2, -0.15) is 0 Å². The van der Waals surface area contributed by atoms with Gasteiger partial charge in [0, 0.05) is 12.0 Å². The fourth-order valence-electron chi connectivity index (χ4n) is 1.22. The van der Waals surface area contributed by atoms with Crippen molar-refractivity contribution < 1.29 is 0 Å². The molecule has 3 heteroatoms. The molecule has 12 heavy (non-hydrogen) atoms. The lowest BCUT2D eigenvalue weighted by Crippen LogP contribution is -2.15. The molecule has 0 amide bonds. The molecular formula is C9H17N3. The van der Waals surface area contributed by atoms with Gasteiger partial charge < -0.3 is 10.3 Å². The van der Waals surface area contributed by atoms with Crippen LogP contribution in [0.1, 0.15) is 33.4 Å². The molecule has 0 aliphatic rings. The summed E-state index contributed by atoms with van der Waals surface area (Å²) in [6, 6.07) is 0. The van der Waals surface area contributed by atoms with Gasteiger partial charge in [-0.1, -0.05) is 20.8 Å². The maximum atomic E-state index is 5.90. The summed E-state index contributed by atoms with van der Waals surface area (Å²) in [5, 5.41) is 0. The summed E-state index contributed by atoms with van der Waals surface area (Å²) in [6.07, 6.45) is 1.80. The highest BCUT2D eigenvalue weighted by molar-refractivity contribution is 5.40. The number of rotatable bonds is 1. The Hall–Kier alpha value is -0.990. The van der Waals surface area contributed by atoms with Crippen LogP contribution in [-0.4, -0.2) is 9.55 Å². The van der Waals surface area contributed by atoms with Gasteiger partial charge in [0.15, 0.2) is 0 Å². The zero-order chi connectivity index (χ0) is 9.35. The average Bonchev–Trinajstić information content (AvgIpc) is 2.29. The Morgan fingerprint density at radius 1 is 1.50 bits per heavy atom. The molecule has 0 radical (unpaired) electrons. The van der Waals surface area contributed by atoms with Crippen LogP contribution in [0.2, 0.25) is 0 Å². The summed E-state index contributed by atoms with van der Waals surface area (Å²) >= 11 is 0. The van der Waals surface area contributed by atoms with Crippen molar-refractivity contribution in [1.82, 2.24) is 9.55 Å². The molecule has 0 saturated heterocycles. The topological polar surface area (TPSA) is 43.8 Å². The number of nitrogens with zero attached hydrogens (tertiary/aromatic N) is 2. The van der Waals surface area contributed by atoms with Gasteiger partial charge in [0.2, 0.25) is 0 Å². The van der Waals surface area contributed by atoms with Crippen molar-refractivity contribution in [3.05, 3.63) is 12.0 Å². The van der Waals surface area contributed by atoms with Crippen molar-refractivity contribution in [3.8, 4) is 0 Å². The Morgan fingerprint density at radius 3 is 2.33 bits per heavy atom. The zero-order valence-corrected chi connectivity index (χ0v) is 8.26. The van der Waals surface area contributed by atoms with E-state index >= 15 is 0 Å². The molecule has 0 atom stereocenters. The maximum absolute atomic E-state index is 5.90. The van der Waals surface area contributed by atoms with E-state index in [1.165, 1.54) is 0 Å². The first-order valence-corrected chi connectivity index (χ1v) is 4.28. The van der Waals surface area contributed by atoms with Gasteiger partial charge in [-0.05, 0) is 6.92 Å². The van der Waals surface area contributed by atoms with Crippen LogP contribution >= 0.6 is 0 Å². The Kier molecular flexibility index (Phi) is 2.13. The van der Waals surface area contributed by atoms with Crippen LogP contribution in [0.4, 0.5) is 5.82 Å². The quantitative estimate of drug-likeness (QED) is 0.693. The van der Waals surface area contributed by atoms with Crippen LogP contribution in [0.3, 0.4) is 0 Å². The number of imidazole rings is 1. The van der Waals surface area contributed by atoms with Gasteiger partial charge in [-0.15, -0.1) is 0 Å². The van der Waals surface area contributed by atoms with E-state index in [-0.39, 0.29) is 5.41 Å². The maximum Gasteiger partial charge on any atom is 0.127 e. The Morgan fingerprint density at radius 2 is 2.08 bits per heavy atom. The zero-order valence-electron chi connectivity index (χ0n) is 8.26. The molecule has 1 rings (SSSR count). The van der Waals surface area contributed by atoms with Gasteiger partial charge in [0.05, 0.1) is 12.0 Å². The van der Waals surface area contributed by atoms with Crippen LogP contribution < -0.4 is 5.73 Å². The first kappa shape index (κ1) is 9.10. The minimum absolute atomic E-state index is 0.0461. The second kappa shape index (κ2) is 2.81. The average molecular weight is 167 g/mol. The van der Waals surface area contributed by atoms with Gasteiger partial charge in [0.25, 0.3) is 0 Å². The predicted octanol–water partition coefficient (Wildman–Crippen LogP) is 1.78. The van der Waals surface area contributed by atoms with E-state index in [4.69, 9.17) is 5.73 Å². The highest BCUT2D eigenvalue weighted by Gasteiger charge is 2.20. The normalized spacial score (nSPS) is 12.0. The van der Waals surface area contributed by atoms with Gasteiger partial charge in [0.1, 0.15) is 5.82 Å². The predicted molar refractivity (Wildman–Crippen MR) is 51.0 cm³/mol. The Bertz CT molecular complexity index is 268. The summed E-state index contributed by atoms with van der Waals surface area (Å²) < 4.78 is 1.96. The van der Waals surface area contributed by atoms with E-state index in [1.807, 2.05) is 4.57 Å². The van der Waals surface area contributed by atoms with Crippen LogP contribution in [-0.2, 0) is 12.0 Å². The van der Waals surface area contributed by atoms with Crippen molar-refractivity contribution in [3.63, 3.8) is 0 Å². The van der Waals surface area contributed by atoms with Crippen LogP contribution in [0, 0.1) is 0 Å². The fourth-order valence-corrected chi connectivity index (χ4v) is 1.22. The molecule has 1 aromatic heterocycles. The standard InChI is InChI=1S/C9H17N3/c1-5-12-6-11-7(8(12)10)9(2,3)4/h6H,5,10H2,1-4H3. The molecule has 0 saturated carbocycles. The third-order valence-electron chi connectivity index (χ3n) is 1.93. The van der Waals surface area contributed by atoms with Crippen molar-refractivity contribution in [2.75, 3.05) is 5.73 Å². The Balaban J connectivity index is 3.11. The fraction of sp³-hybridized carbons (Fsp3) is 0.667. The van der Waals surface area contributed by atoms with Crippen molar-refractivity contribution in [2.45, 2.75) is 39.7 Å². The van der Waals surface area contributed by atoms with Crippen molar-refractivity contribution >= 4 is 5.82 Å². The van der Waals surface area contributed by atoms with Gasteiger partial charge >= 0.3 is 0 Å². The van der Waals surface area contributed by atoms with Crippen LogP contribution in [0.25, 0.3) is 0 Å². The second-order valence-corrected chi connectivity index (χ2v) is 4.01. The molecule has 3 nitrogen and oxygen atoms in total. The number of hydrogen-bond acceptors (Lipinski definition) is 2. The molecule has 1 heterocycles.